The van der Waals surface area contributed by atoms with Crippen LogP contribution in [0.25, 0.3) is 0 Å². The van der Waals surface area contributed by atoms with Gasteiger partial charge >= 0.3 is 0 Å². The second-order valence-electron chi connectivity index (χ2n) is 6.45. The van der Waals surface area contributed by atoms with Crippen LogP contribution in [0, 0.1) is 5.92 Å². The Hall–Kier alpha value is -0.680. The molecule has 2 aliphatic rings. The van der Waals surface area contributed by atoms with E-state index in [0.717, 1.165) is 29.6 Å². The summed E-state index contributed by atoms with van der Waals surface area (Å²) in [5, 5.41) is 4.38. The van der Waals surface area contributed by atoms with Gasteiger partial charge in [-0.25, -0.2) is 4.98 Å². The van der Waals surface area contributed by atoms with Gasteiger partial charge in [0.1, 0.15) is 5.82 Å². The van der Waals surface area contributed by atoms with Gasteiger partial charge in [-0.15, -0.1) is 0 Å². The standard InChI is InChI=1S/C14H24N4S/c1-9(2)8-15-14-16-13(17-19-14)10-6-11-4-5-12(7-10)18(11)3/h9-12H,4-8H2,1-3H3,(H,15,16,17). The summed E-state index contributed by atoms with van der Waals surface area (Å²) < 4.78 is 4.59. The maximum atomic E-state index is 4.71. The van der Waals surface area contributed by atoms with Crippen LogP contribution in [0.1, 0.15) is 51.3 Å². The molecule has 19 heavy (non-hydrogen) atoms. The van der Waals surface area contributed by atoms with Crippen molar-refractivity contribution in [3.8, 4) is 0 Å². The van der Waals surface area contributed by atoms with Gasteiger partial charge in [-0.3, -0.25) is 0 Å². The van der Waals surface area contributed by atoms with Crippen LogP contribution in [0.4, 0.5) is 5.13 Å². The van der Waals surface area contributed by atoms with E-state index in [1.54, 1.807) is 0 Å². The lowest BCUT2D eigenvalue weighted by Crippen LogP contribution is -2.39. The first-order valence-corrected chi connectivity index (χ1v) is 8.20. The molecule has 3 heterocycles. The quantitative estimate of drug-likeness (QED) is 0.920. The average molecular weight is 280 g/mol. The minimum atomic E-state index is 0.583. The lowest BCUT2D eigenvalue weighted by atomic mass is 9.90. The van der Waals surface area contributed by atoms with Crippen molar-refractivity contribution in [2.45, 2.75) is 57.5 Å². The van der Waals surface area contributed by atoms with E-state index >= 15 is 0 Å². The highest BCUT2D eigenvalue weighted by molar-refractivity contribution is 7.09. The molecular formula is C14H24N4S. The number of piperidine rings is 1. The molecule has 0 spiro atoms. The molecule has 0 saturated carbocycles. The fourth-order valence-electron chi connectivity index (χ4n) is 3.39. The summed E-state index contributed by atoms with van der Waals surface area (Å²) in [5.74, 6) is 2.31. The molecule has 2 atom stereocenters. The Bertz CT molecular complexity index is 417. The van der Waals surface area contributed by atoms with Crippen LogP contribution in [-0.2, 0) is 0 Å². The number of anilines is 1. The number of nitrogens with one attached hydrogen (secondary N) is 1. The topological polar surface area (TPSA) is 41.1 Å². The minimum absolute atomic E-state index is 0.583. The molecule has 1 aromatic rings. The van der Waals surface area contributed by atoms with E-state index in [2.05, 4.69) is 35.5 Å². The van der Waals surface area contributed by atoms with E-state index < -0.39 is 0 Å². The van der Waals surface area contributed by atoms with Gasteiger partial charge in [-0.05, 0) is 38.6 Å². The summed E-state index contributed by atoms with van der Waals surface area (Å²) in [6.45, 7) is 5.40. The largest absolute Gasteiger partial charge is 0.360 e. The van der Waals surface area contributed by atoms with Gasteiger partial charge in [0.25, 0.3) is 0 Å². The van der Waals surface area contributed by atoms with Crippen molar-refractivity contribution in [1.29, 1.82) is 0 Å². The van der Waals surface area contributed by atoms with E-state index in [4.69, 9.17) is 4.98 Å². The Morgan fingerprint density at radius 3 is 2.63 bits per heavy atom. The maximum Gasteiger partial charge on any atom is 0.202 e. The van der Waals surface area contributed by atoms with Gasteiger partial charge < -0.3 is 10.2 Å². The van der Waals surface area contributed by atoms with Gasteiger partial charge in [-0.1, -0.05) is 13.8 Å². The summed E-state index contributed by atoms with van der Waals surface area (Å²) in [6, 6.07) is 1.53. The zero-order chi connectivity index (χ0) is 13.4. The van der Waals surface area contributed by atoms with Crippen molar-refractivity contribution >= 4 is 16.7 Å². The van der Waals surface area contributed by atoms with Gasteiger partial charge in [0, 0.05) is 36.1 Å². The molecule has 4 nitrogen and oxygen atoms in total. The van der Waals surface area contributed by atoms with Gasteiger partial charge in [-0.2, -0.15) is 4.37 Å². The number of hydrogen-bond acceptors (Lipinski definition) is 5. The Balaban J connectivity index is 1.64. The minimum Gasteiger partial charge on any atom is -0.360 e. The molecular weight excluding hydrogens is 256 g/mol. The lowest BCUT2D eigenvalue weighted by Gasteiger charge is -2.35. The van der Waals surface area contributed by atoms with E-state index in [-0.39, 0.29) is 0 Å². The molecule has 1 aromatic heterocycles. The molecule has 2 saturated heterocycles. The van der Waals surface area contributed by atoms with Crippen molar-refractivity contribution in [3.05, 3.63) is 5.82 Å². The fourth-order valence-corrected chi connectivity index (χ4v) is 4.04. The highest BCUT2D eigenvalue weighted by Crippen LogP contribution is 2.41. The van der Waals surface area contributed by atoms with E-state index in [9.17, 15) is 0 Å². The number of hydrogen-bond donors (Lipinski definition) is 1. The van der Waals surface area contributed by atoms with Gasteiger partial charge in [0.15, 0.2) is 0 Å². The number of nitrogens with zero attached hydrogens (tertiary/aromatic N) is 3. The SMILES string of the molecule is CC(C)CNc1nc(C2CC3CCC(C2)N3C)ns1. The highest BCUT2D eigenvalue weighted by Gasteiger charge is 2.40. The average Bonchev–Trinajstić information content (AvgIpc) is 2.90. The van der Waals surface area contributed by atoms with Crippen molar-refractivity contribution in [2.24, 2.45) is 5.92 Å². The molecule has 0 radical (unpaired) electrons. The number of fused-ring (bicyclic) bond motifs is 2. The molecule has 2 fully saturated rings. The zero-order valence-electron chi connectivity index (χ0n) is 12.1. The van der Waals surface area contributed by atoms with Crippen LogP contribution in [0.2, 0.25) is 0 Å². The molecule has 0 aromatic carbocycles. The number of aromatic nitrogens is 2. The molecule has 0 amide bonds. The molecule has 0 aliphatic carbocycles. The van der Waals surface area contributed by atoms with E-state index in [1.807, 2.05) is 0 Å². The molecule has 1 N–H and O–H groups in total. The zero-order valence-corrected chi connectivity index (χ0v) is 12.9. The molecule has 5 heteroatoms. The molecule has 106 valence electrons. The van der Waals surface area contributed by atoms with Crippen molar-refractivity contribution < 1.29 is 0 Å². The first kappa shape index (κ1) is 13.3. The Morgan fingerprint density at radius 1 is 1.32 bits per heavy atom. The normalized spacial score (nSPS) is 31.1. The molecule has 2 aliphatic heterocycles. The third kappa shape index (κ3) is 2.77. The van der Waals surface area contributed by atoms with Crippen molar-refractivity contribution in [3.63, 3.8) is 0 Å². The smallest absolute Gasteiger partial charge is 0.202 e. The van der Waals surface area contributed by atoms with Crippen molar-refractivity contribution in [2.75, 3.05) is 18.9 Å². The van der Waals surface area contributed by atoms with Gasteiger partial charge in [0.05, 0.1) is 0 Å². The predicted molar refractivity (Wildman–Crippen MR) is 79.8 cm³/mol. The summed E-state index contributed by atoms with van der Waals surface area (Å²) >= 11 is 1.52. The van der Waals surface area contributed by atoms with E-state index in [0.29, 0.717) is 11.8 Å². The number of rotatable bonds is 4. The Labute approximate surface area is 119 Å². The third-order valence-electron chi connectivity index (χ3n) is 4.57. The molecule has 3 rings (SSSR count). The van der Waals surface area contributed by atoms with Crippen LogP contribution >= 0.6 is 11.5 Å². The third-order valence-corrected chi connectivity index (χ3v) is 5.25. The van der Waals surface area contributed by atoms with Crippen LogP contribution in [-0.4, -0.2) is 39.9 Å². The first-order valence-electron chi connectivity index (χ1n) is 7.43. The first-order chi connectivity index (χ1) is 9.13. The van der Waals surface area contributed by atoms with Crippen LogP contribution < -0.4 is 5.32 Å². The Morgan fingerprint density at radius 2 is 2.00 bits per heavy atom. The summed E-state index contributed by atoms with van der Waals surface area (Å²) in [6.07, 6.45) is 5.21. The van der Waals surface area contributed by atoms with Gasteiger partial charge in [0.2, 0.25) is 5.13 Å². The summed E-state index contributed by atoms with van der Waals surface area (Å²) in [4.78, 5) is 7.28. The van der Waals surface area contributed by atoms with Crippen LogP contribution in [0.15, 0.2) is 0 Å². The van der Waals surface area contributed by atoms with Crippen LogP contribution in [0.3, 0.4) is 0 Å². The van der Waals surface area contributed by atoms with Crippen molar-refractivity contribution in [1.82, 2.24) is 14.3 Å². The summed E-state index contributed by atoms with van der Waals surface area (Å²) in [7, 11) is 2.28. The fraction of sp³-hybridized carbons (Fsp3) is 0.857. The molecule has 2 unspecified atom stereocenters. The monoisotopic (exact) mass is 280 g/mol. The summed E-state index contributed by atoms with van der Waals surface area (Å²) in [5.41, 5.74) is 0. The molecule has 2 bridgehead atoms. The highest BCUT2D eigenvalue weighted by atomic mass is 32.1. The maximum absolute atomic E-state index is 4.71. The van der Waals surface area contributed by atoms with Crippen LogP contribution in [0.5, 0.6) is 0 Å². The second-order valence-corrected chi connectivity index (χ2v) is 7.20. The predicted octanol–water partition coefficient (Wildman–Crippen LogP) is 2.95. The second kappa shape index (κ2) is 5.37. The van der Waals surface area contributed by atoms with E-state index in [1.165, 1.54) is 37.2 Å². The Kier molecular flexibility index (Phi) is 3.76. The lowest BCUT2D eigenvalue weighted by molar-refractivity contribution is 0.159.